The van der Waals surface area contributed by atoms with E-state index in [0.29, 0.717) is 11.6 Å². The number of benzene rings is 1. The van der Waals surface area contributed by atoms with Gasteiger partial charge in [-0.15, -0.1) is 0 Å². The van der Waals surface area contributed by atoms with Crippen LogP contribution in [0.4, 0.5) is 0 Å². The van der Waals surface area contributed by atoms with Crippen LogP contribution in [0.1, 0.15) is 29.9 Å². The summed E-state index contributed by atoms with van der Waals surface area (Å²) >= 11 is 0. The molecule has 0 aliphatic rings. The van der Waals surface area contributed by atoms with Crippen LogP contribution >= 0.6 is 0 Å². The summed E-state index contributed by atoms with van der Waals surface area (Å²) in [7, 11) is 1.96. The van der Waals surface area contributed by atoms with Crippen molar-refractivity contribution in [3.8, 4) is 0 Å². The Morgan fingerprint density at radius 2 is 2.17 bits per heavy atom. The highest BCUT2D eigenvalue weighted by atomic mass is 16.4. The molecule has 0 unspecified atom stereocenters. The summed E-state index contributed by atoms with van der Waals surface area (Å²) in [4.78, 5) is 11.2. The number of aromatic nitrogens is 1. The number of nitrogens with zero attached hydrogens (tertiary/aromatic N) is 1. The molecule has 4 nitrogen and oxygen atoms in total. The average molecular weight is 246 g/mol. The van der Waals surface area contributed by atoms with Crippen LogP contribution in [0.3, 0.4) is 0 Å². The highest BCUT2D eigenvalue weighted by molar-refractivity contribution is 6.03. The van der Waals surface area contributed by atoms with Gasteiger partial charge in [0.2, 0.25) is 0 Å². The van der Waals surface area contributed by atoms with Crippen LogP contribution in [0.2, 0.25) is 0 Å². The van der Waals surface area contributed by atoms with E-state index in [2.05, 4.69) is 19.2 Å². The summed E-state index contributed by atoms with van der Waals surface area (Å²) < 4.78 is 2.04. The van der Waals surface area contributed by atoms with Gasteiger partial charge in [-0.25, -0.2) is 4.79 Å². The molecule has 0 spiro atoms. The summed E-state index contributed by atoms with van der Waals surface area (Å²) in [6, 6.07) is 7.73. The molecule has 2 rings (SSSR count). The van der Waals surface area contributed by atoms with Crippen molar-refractivity contribution in [1.82, 2.24) is 9.88 Å². The zero-order chi connectivity index (χ0) is 13.3. The Morgan fingerprint density at radius 1 is 1.44 bits per heavy atom. The number of rotatable bonds is 4. The van der Waals surface area contributed by atoms with Crippen LogP contribution in [0.15, 0.2) is 24.3 Å². The molecule has 0 aliphatic carbocycles. The highest BCUT2D eigenvalue weighted by Crippen LogP contribution is 2.22. The van der Waals surface area contributed by atoms with E-state index in [4.69, 9.17) is 0 Å². The van der Waals surface area contributed by atoms with Crippen LogP contribution in [0.25, 0.3) is 10.9 Å². The topological polar surface area (TPSA) is 54.3 Å². The molecule has 0 aliphatic heterocycles. The minimum absolute atomic E-state index is 0.360. The molecule has 0 fully saturated rings. The van der Waals surface area contributed by atoms with Gasteiger partial charge >= 0.3 is 5.97 Å². The molecule has 0 radical (unpaired) electrons. The van der Waals surface area contributed by atoms with Gasteiger partial charge in [0.05, 0.1) is 5.56 Å². The molecule has 1 aromatic carbocycles. The number of carbonyl (C=O) groups is 1. The summed E-state index contributed by atoms with van der Waals surface area (Å²) in [6.45, 7) is 4.92. The fourth-order valence-corrected chi connectivity index (χ4v) is 2.08. The van der Waals surface area contributed by atoms with Crippen LogP contribution in [-0.4, -0.2) is 21.7 Å². The van der Waals surface area contributed by atoms with Crippen LogP contribution < -0.4 is 5.32 Å². The quantitative estimate of drug-likeness (QED) is 0.870. The van der Waals surface area contributed by atoms with Gasteiger partial charge in [0.25, 0.3) is 0 Å². The lowest BCUT2D eigenvalue weighted by atomic mass is 10.1. The first-order chi connectivity index (χ1) is 8.50. The van der Waals surface area contributed by atoms with E-state index in [1.807, 2.05) is 23.7 Å². The second-order valence-electron chi connectivity index (χ2n) is 4.77. The van der Waals surface area contributed by atoms with Gasteiger partial charge in [-0.05, 0) is 18.2 Å². The minimum Gasteiger partial charge on any atom is -0.478 e. The van der Waals surface area contributed by atoms with E-state index in [-0.39, 0.29) is 0 Å². The maximum atomic E-state index is 11.2. The molecule has 0 amide bonds. The number of aryl methyl sites for hydroxylation is 1. The number of aromatic carboxylic acids is 1. The fraction of sp³-hybridized carbons (Fsp3) is 0.357. The van der Waals surface area contributed by atoms with Gasteiger partial charge in [0.1, 0.15) is 0 Å². The summed E-state index contributed by atoms with van der Waals surface area (Å²) in [5.74, 6) is -0.880. The maximum Gasteiger partial charge on any atom is 0.336 e. The van der Waals surface area contributed by atoms with Crippen molar-refractivity contribution < 1.29 is 9.90 Å². The molecular weight excluding hydrogens is 228 g/mol. The number of carboxylic acids is 1. The van der Waals surface area contributed by atoms with Crippen molar-refractivity contribution >= 4 is 16.9 Å². The molecule has 1 heterocycles. The smallest absolute Gasteiger partial charge is 0.336 e. The summed E-state index contributed by atoms with van der Waals surface area (Å²) in [5, 5.41) is 13.3. The van der Waals surface area contributed by atoms with Crippen LogP contribution in [0.5, 0.6) is 0 Å². The Labute approximate surface area is 106 Å². The minimum atomic E-state index is -0.880. The molecule has 4 heteroatoms. The van der Waals surface area contributed by atoms with E-state index in [1.165, 1.54) is 0 Å². The van der Waals surface area contributed by atoms with E-state index >= 15 is 0 Å². The number of nitrogens with one attached hydrogen (secondary N) is 1. The predicted octanol–water partition coefficient (Wildman–Crippen LogP) is 2.37. The molecule has 0 atom stereocenters. The fourth-order valence-electron chi connectivity index (χ4n) is 2.08. The Kier molecular flexibility index (Phi) is 3.39. The van der Waals surface area contributed by atoms with E-state index in [1.54, 1.807) is 12.1 Å². The lowest BCUT2D eigenvalue weighted by Gasteiger charge is -2.08. The lowest BCUT2D eigenvalue weighted by Crippen LogP contribution is -2.22. The Morgan fingerprint density at radius 3 is 2.78 bits per heavy atom. The highest BCUT2D eigenvalue weighted by Gasteiger charge is 2.13. The van der Waals surface area contributed by atoms with E-state index < -0.39 is 5.97 Å². The van der Waals surface area contributed by atoms with Gasteiger partial charge in [-0.3, -0.25) is 0 Å². The van der Waals surface area contributed by atoms with Crippen molar-refractivity contribution in [1.29, 1.82) is 0 Å². The number of fused-ring (bicyclic) bond motifs is 1. The second kappa shape index (κ2) is 4.82. The lowest BCUT2D eigenvalue weighted by molar-refractivity contribution is 0.0699. The monoisotopic (exact) mass is 246 g/mol. The first kappa shape index (κ1) is 12.6. The van der Waals surface area contributed by atoms with Crippen molar-refractivity contribution in [3.63, 3.8) is 0 Å². The first-order valence-electron chi connectivity index (χ1n) is 6.04. The zero-order valence-electron chi connectivity index (χ0n) is 10.9. The molecule has 96 valence electrons. The molecule has 1 aromatic heterocycles. The zero-order valence-corrected chi connectivity index (χ0v) is 10.9. The molecular formula is C14H18N2O2. The summed E-state index contributed by atoms with van der Waals surface area (Å²) in [6.07, 6.45) is 0. The van der Waals surface area contributed by atoms with Crippen molar-refractivity contribution in [3.05, 3.63) is 35.5 Å². The predicted molar refractivity (Wildman–Crippen MR) is 71.9 cm³/mol. The van der Waals surface area contributed by atoms with Gasteiger partial charge in [-0.2, -0.15) is 0 Å². The average Bonchev–Trinajstić information content (AvgIpc) is 2.63. The number of hydrogen-bond acceptors (Lipinski definition) is 2. The largest absolute Gasteiger partial charge is 0.478 e. The van der Waals surface area contributed by atoms with Gasteiger partial charge < -0.3 is 15.0 Å². The standard InChI is InChI=1S/C14H18N2O2/c1-9(2)15-8-10-7-12-11(14(17)18)5-4-6-13(12)16(10)3/h4-7,9,15H,8H2,1-3H3,(H,17,18). The number of carboxylic acid groups (broad SMARTS) is 1. The normalized spacial score (nSPS) is 11.3. The van der Waals surface area contributed by atoms with Gasteiger partial charge in [0, 0.05) is 36.2 Å². The van der Waals surface area contributed by atoms with Crippen molar-refractivity contribution in [2.75, 3.05) is 0 Å². The molecule has 18 heavy (non-hydrogen) atoms. The molecule has 0 saturated heterocycles. The molecule has 0 saturated carbocycles. The molecule has 0 bridgehead atoms. The van der Waals surface area contributed by atoms with Crippen LogP contribution in [0, 0.1) is 0 Å². The molecule has 2 aromatic rings. The maximum absolute atomic E-state index is 11.2. The Balaban J connectivity index is 2.48. The number of hydrogen-bond donors (Lipinski definition) is 2. The van der Waals surface area contributed by atoms with Crippen LogP contribution in [-0.2, 0) is 13.6 Å². The van der Waals surface area contributed by atoms with Crippen molar-refractivity contribution in [2.24, 2.45) is 7.05 Å². The van der Waals surface area contributed by atoms with E-state index in [0.717, 1.165) is 23.1 Å². The third kappa shape index (κ3) is 2.24. The molecule has 2 N–H and O–H groups in total. The Hall–Kier alpha value is -1.81. The second-order valence-corrected chi connectivity index (χ2v) is 4.77. The van der Waals surface area contributed by atoms with Gasteiger partial charge in [0.15, 0.2) is 0 Å². The summed E-state index contributed by atoms with van der Waals surface area (Å²) in [5.41, 5.74) is 2.40. The first-order valence-corrected chi connectivity index (χ1v) is 6.04. The van der Waals surface area contributed by atoms with Crippen molar-refractivity contribution in [2.45, 2.75) is 26.4 Å². The SMILES string of the molecule is CC(C)NCc1cc2c(C(=O)O)cccc2n1C. The third-order valence-electron chi connectivity index (χ3n) is 3.11. The Bertz CT molecular complexity index is 585. The van der Waals surface area contributed by atoms with E-state index in [9.17, 15) is 9.90 Å². The van der Waals surface area contributed by atoms with Gasteiger partial charge in [-0.1, -0.05) is 19.9 Å². The third-order valence-corrected chi connectivity index (χ3v) is 3.11.